The van der Waals surface area contributed by atoms with Crippen molar-refractivity contribution in [3.8, 4) is 90.0 Å². The normalized spacial score (nSPS) is 11.9. The van der Waals surface area contributed by atoms with Gasteiger partial charge in [0.15, 0.2) is 5.69 Å². The van der Waals surface area contributed by atoms with Crippen LogP contribution in [0, 0.1) is 63.9 Å². The first kappa shape index (κ1) is 38.6. The van der Waals surface area contributed by atoms with Crippen LogP contribution in [-0.2, 0) is 0 Å². The maximum Gasteiger partial charge on any atom is 0.187 e. The Bertz CT molecular complexity index is 4250. The Hall–Kier alpha value is -8.81. The monoisotopic (exact) mass is 849 g/mol. The van der Waals surface area contributed by atoms with Gasteiger partial charge < -0.3 is 0 Å². The molecule has 310 valence electrons. The van der Waals surface area contributed by atoms with Crippen LogP contribution in [-0.4, -0.2) is 0 Å². The van der Waals surface area contributed by atoms with Gasteiger partial charge in [0.1, 0.15) is 0 Å². The molecule has 2 aliphatic rings. The fourth-order valence-electron chi connectivity index (χ4n) is 12.2. The van der Waals surface area contributed by atoms with E-state index in [1.54, 1.807) is 0 Å². The maximum absolute atomic E-state index is 9.91. The van der Waals surface area contributed by atoms with E-state index < -0.39 is 0 Å². The summed E-state index contributed by atoms with van der Waals surface area (Å²) >= 11 is 0. The maximum atomic E-state index is 9.91. The second kappa shape index (κ2) is 13.8. The largest absolute Gasteiger partial charge is 0.238 e. The Kier molecular flexibility index (Phi) is 7.98. The Labute approximate surface area is 388 Å². The van der Waals surface area contributed by atoms with Gasteiger partial charge in [0.05, 0.1) is 29.8 Å². The van der Waals surface area contributed by atoms with Gasteiger partial charge in [-0.2, -0.15) is 10.5 Å². The van der Waals surface area contributed by atoms with Crippen LogP contribution < -0.4 is 0 Å². The Morgan fingerprint density at radius 1 is 0.343 bits per heavy atom. The van der Waals surface area contributed by atoms with E-state index in [-0.39, 0.29) is 0 Å². The van der Waals surface area contributed by atoms with Crippen LogP contribution in [0.25, 0.3) is 137 Å². The molecule has 3 nitrogen and oxygen atoms in total. The third-order valence-corrected chi connectivity index (χ3v) is 15.0. The molecule has 3 heteroatoms. The number of benzene rings is 11. The molecule has 11 aromatic rings. The van der Waals surface area contributed by atoms with E-state index in [1.165, 1.54) is 121 Å². The Morgan fingerprint density at radius 3 is 1.37 bits per heavy atom. The highest BCUT2D eigenvalue weighted by Crippen LogP contribution is 2.55. The molecule has 0 radical (unpaired) electrons. The zero-order valence-electron chi connectivity index (χ0n) is 37.7. The summed E-state index contributed by atoms with van der Waals surface area (Å²) in [5, 5.41) is 31.8. The quantitative estimate of drug-likeness (QED) is 0.131. The molecule has 13 rings (SSSR count). The summed E-state index contributed by atoms with van der Waals surface area (Å²) in [5.74, 6) is 0. The van der Waals surface area contributed by atoms with Crippen molar-refractivity contribution in [1.82, 2.24) is 0 Å². The Morgan fingerprint density at radius 2 is 0.806 bits per heavy atom. The molecule has 67 heavy (non-hydrogen) atoms. The number of fused-ring (bicyclic) bond motifs is 11. The van der Waals surface area contributed by atoms with Gasteiger partial charge in [-0.15, -0.1) is 0 Å². The fraction of sp³-hybridized carbons (Fsp3) is 0.0781. The van der Waals surface area contributed by atoms with Gasteiger partial charge in [-0.25, -0.2) is 4.85 Å². The highest BCUT2D eigenvalue weighted by atomic mass is 14.6. The van der Waals surface area contributed by atoms with E-state index in [1.807, 2.05) is 36.4 Å². The molecule has 0 aromatic heterocycles. The van der Waals surface area contributed by atoms with Crippen LogP contribution in [0.2, 0.25) is 0 Å². The zero-order valence-corrected chi connectivity index (χ0v) is 37.7. The second-order valence-electron chi connectivity index (χ2n) is 18.7. The van der Waals surface area contributed by atoms with Gasteiger partial charge in [-0.05, 0) is 238 Å². The topological polar surface area (TPSA) is 51.9 Å². The third kappa shape index (κ3) is 5.31. The molecule has 2 aliphatic carbocycles. The highest BCUT2D eigenvalue weighted by molar-refractivity contribution is 6.28. The molecule has 0 heterocycles. The van der Waals surface area contributed by atoms with Crippen LogP contribution in [0.5, 0.6) is 0 Å². The standard InChI is InChI=1S/C64H39N3/c1-33-21-38(31-65)13-15-42(33)54-28-55-43(56-29-58-47-12-8-9-44-48(61-34(2)22-39(32-66)23-35(61)3)18-20-51(64(44)47)59(58)30-60(54)56)16-14-40-26-53-50-19-17-49(62-36(4)24-41(67-6)25-37(62)5)45-10-7-11-46(63(45)50)57(53)27-52(40)55/h7-30H,1-5H3. The van der Waals surface area contributed by atoms with E-state index in [0.29, 0.717) is 16.8 Å². The van der Waals surface area contributed by atoms with E-state index in [0.717, 1.165) is 38.9 Å². The Balaban J connectivity index is 1.06. The third-order valence-electron chi connectivity index (χ3n) is 15.0. The smallest absolute Gasteiger partial charge is 0.187 e. The van der Waals surface area contributed by atoms with Crippen molar-refractivity contribution in [2.24, 2.45) is 0 Å². The number of hydrogen-bond donors (Lipinski definition) is 0. The molecule has 0 unspecified atom stereocenters. The average molecular weight is 850 g/mol. The van der Waals surface area contributed by atoms with Crippen LogP contribution in [0.4, 0.5) is 5.69 Å². The summed E-state index contributed by atoms with van der Waals surface area (Å²) in [6.07, 6.45) is 0. The summed E-state index contributed by atoms with van der Waals surface area (Å²) in [4.78, 5) is 3.74. The van der Waals surface area contributed by atoms with Crippen LogP contribution in [0.15, 0.2) is 146 Å². The molecule has 11 aromatic carbocycles. The molecule has 0 spiro atoms. The van der Waals surface area contributed by atoms with Gasteiger partial charge in [0, 0.05) is 0 Å². The first-order chi connectivity index (χ1) is 32.6. The molecule has 0 aliphatic heterocycles. The summed E-state index contributed by atoms with van der Waals surface area (Å²) in [6.45, 7) is 18.2. The van der Waals surface area contributed by atoms with Crippen LogP contribution in [0.1, 0.15) is 38.9 Å². The van der Waals surface area contributed by atoms with E-state index in [4.69, 9.17) is 6.57 Å². The molecule has 0 bridgehead atoms. The predicted octanol–water partition coefficient (Wildman–Crippen LogP) is 17.6. The lowest BCUT2D eigenvalue weighted by molar-refractivity contribution is 1.35. The first-order valence-corrected chi connectivity index (χ1v) is 22.8. The highest BCUT2D eigenvalue weighted by Gasteiger charge is 2.28. The fourth-order valence-corrected chi connectivity index (χ4v) is 12.2. The number of aryl methyl sites for hydroxylation is 5. The lowest BCUT2D eigenvalue weighted by Gasteiger charge is -2.17. The number of hydrogen-bond acceptors (Lipinski definition) is 2. The number of rotatable bonds is 3. The molecule has 0 atom stereocenters. The zero-order chi connectivity index (χ0) is 45.6. The molecule has 0 fully saturated rings. The van der Waals surface area contributed by atoms with Crippen molar-refractivity contribution >= 4 is 59.5 Å². The van der Waals surface area contributed by atoms with Crippen molar-refractivity contribution in [2.45, 2.75) is 34.6 Å². The van der Waals surface area contributed by atoms with Gasteiger partial charge in [0.2, 0.25) is 0 Å². The summed E-state index contributed by atoms with van der Waals surface area (Å²) in [5.41, 5.74) is 24.5. The average Bonchev–Trinajstić information content (AvgIpc) is 3.83. The van der Waals surface area contributed by atoms with Gasteiger partial charge >= 0.3 is 0 Å². The van der Waals surface area contributed by atoms with Crippen molar-refractivity contribution in [3.63, 3.8) is 0 Å². The lowest BCUT2D eigenvalue weighted by Crippen LogP contribution is -1.92. The number of nitriles is 2. The van der Waals surface area contributed by atoms with Crippen LogP contribution in [0.3, 0.4) is 0 Å². The number of nitrogens with zero attached hydrogens (tertiary/aromatic N) is 3. The molecular weight excluding hydrogens is 811 g/mol. The molecular formula is C64H39N3. The van der Waals surface area contributed by atoms with Gasteiger partial charge in [-0.3, -0.25) is 0 Å². The van der Waals surface area contributed by atoms with Crippen molar-refractivity contribution in [2.75, 3.05) is 0 Å². The van der Waals surface area contributed by atoms with E-state index in [9.17, 15) is 10.5 Å². The predicted molar refractivity (Wildman–Crippen MR) is 279 cm³/mol. The SMILES string of the molecule is [C-]#[N+]c1cc(C)c(-c2ccc3c4c(cccc24)-c2cc4c(ccc5c6cc7c(cc6c(-c6ccc(C#N)cc6C)cc45)-c4ccc(-c5c(C)cc(C#N)cc5C)c5cccc-7c45)cc2-3)c(C)c1. The minimum atomic E-state index is 0.654. The summed E-state index contributed by atoms with van der Waals surface area (Å²) in [7, 11) is 0. The van der Waals surface area contributed by atoms with Crippen molar-refractivity contribution < 1.29 is 0 Å². The van der Waals surface area contributed by atoms with Gasteiger partial charge in [0.25, 0.3) is 0 Å². The molecule has 0 saturated heterocycles. The minimum absolute atomic E-state index is 0.654. The first-order valence-electron chi connectivity index (χ1n) is 22.8. The minimum Gasteiger partial charge on any atom is -0.238 e. The lowest BCUT2D eigenvalue weighted by atomic mass is 9.86. The van der Waals surface area contributed by atoms with Crippen LogP contribution >= 0.6 is 0 Å². The molecule has 0 amide bonds. The molecule has 0 N–H and O–H groups in total. The van der Waals surface area contributed by atoms with Crippen molar-refractivity contribution in [1.29, 1.82) is 10.5 Å². The van der Waals surface area contributed by atoms with Gasteiger partial charge in [-0.1, -0.05) is 102 Å². The molecule has 0 saturated carbocycles. The summed E-state index contributed by atoms with van der Waals surface area (Å²) < 4.78 is 0. The van der Waals surface area contributed by atoms with E-state index in [2.05, 4.69) is 161 Å². The summed E-state index contributed by atoms with van der Waals surface area (Å²) in [6, 6.07) is 58.1. The van der Waals surface area contributed by atoms with E-state index >= 15 is 0 Å². The second-order valence-corrected chi connectivity index (χ2v) is 18.7. The van der Waals surface area contributed by atoms with Crippen molar-refractivity contribution in [3.05, 3.63) is 196 Å².